The van der Waals surface area contributed by atoms with Crippen molar-refractivity contribution in [2.24, 2.45) is 16.7 Å². The normalized spacial score (nSPS) is 26.3. The van der Waals surface area contributed by atoms with Crippen molar-refractivity contribution in [2.75, 3.05) is 0 Å². The third-order valence-corrected chi connectivity index (χ3v) is 7.82. The SMILES string of the molecule is C=C1CC(C)CC(C)(C)C1.CC1(C)CCCC(=O)C1.O=C1CCCCCC1.O=C1CCCCCCC1. The van der Waals surface area contributed by atoms with Crippen LogP contribution in [0.1, 0.15) is 163 Å². The van der Waals surface area contributed by atoms with Crippen LogP contribution in [0.25, 0.3) is 0 Å². The highest BCUT2D eigenvalue weighted by atomic mass is 16.1. The van der Waals surface area contributed by atoms with Crippen LogP contribution in [-0.4, -0.2) is 17.3 Å². The lowest BCUT2D eigenvalue weighted by molar-refractivity contribution is -0.123. The lowest BCUT2D eigenvalue weighted by atomic mass is 9.71. The Morgan fingerprint density at radius 2 is 1.00 bits per heavy atom. The predicted octanol–water partition coefficient (Wildman–Crippen LogP) is 9.75. The molecule has 0 bridgehead atoms. The zero-order valence-electron chi connectivity index (χ0n) is 24.7. The second kappa shape index (κ2) is 17.3. The Bertz CT molecular complexity index is 665. The zero-order valence-corrected chi connectivity index (χ0v) is 24.7. The molecule has 0 radical (unpaired) electrons. The number of ketones is 3. The third kappa shape index (κ3) is 17.2. The van der Waals surface area contributed by atoms with Crippen molar-refractivity contribution in [3.05, 3.63) is 12.2 Å². The Morgan fingerprint density at radius 1 is 0.583 bits per heavy atom. The average Bonchev–Trinajstić information content (AvgIpc) is 2.97. The first-order chi connectivity index (χ1) is 16.9. The highest BCUT2D eigenvalue weighted by Gasteiger charge is 2.27. The summed E-state index contributed by atoms with van der Waals surface area (Å²) in [5, 5.41) is 0. The monoisotopic (exact) mass is 502 g/mol. The van der Waals surface area contributed by atoms with Crippen LogP contribution in [0.2, 0.25) is 0 Å². The molecule has 0 aliphatic heterocycles. The number of carbonyl (C=O) groups excluding carboxylic acids is 3. The van der Waals surface area contributed by atoms with E-state index in [0.717, 1.165) is 76.5 Å². The van der Waals surface area contributed by atoms with Gasteiger partial charge in [-0.1, -0.05) is 78.9 Å². The van der Waals surface area contributed by atoms with E-state index in [1.165, 1.54) is 63.4 Å². The van der Waals surface area contributed by atoms with Crippen molar-refractivity contribution in [1.29, 1.82) is 0 Å². The van der Waals surface area contributed by atoms with E-state index in [-0.39, 0.29) is 0 Å². The first-order valence-corrected chi connectivity index (χ1v) is 15.1. The van der Waals surface area contributed by atoms with Crippen LogP contribution >= 0.6 is 0 Å². The quantitative estimate of drug-likeness (QED) is 0.245. The molecule has 4 fully saturated rings. The van der Waals surface area contributed by atoms with Gasteiger partial charge >= 0.3 is 0 Å². The van der Waals surface area contributed by atoms with Crippen LogP contribution in [0.4, 0.5) is 0 Å². The van der Waals surface area contributed by atoms with Gasteiger partial charge in [-0.25, -0.2) is 0 Å². The minimum absolute atomic E-state index is 0.301. The van der Waals surface area contributed by atoms with Crippen molar-refractivity contribution in [2.45, 2.75) is 163 Å². The molecule has 1 unspecified atom stereocenters. The molecule has 1 atom stereocenters. The lowest BCUT2D eigenvalue weighted by Gasteiger charge is -2.34. The first-order valence-electron chi connectivity index (χ1n) is 15.1. The van der Waals surface area contributed by atoms with Crippen molar-refractivity contribution in [3.63, 3.8) is 0 Å². The number of hydrogen-bond donors (Lipinski definition) is 0. The summed E-state index contributed by atoms with van der Waals surface area (Å²) < 4.78 is 0. The maximum Gasteiger partial charge on any atom is 0.133 e. The Labute approximate surface area is 223 Å². The maximum atomic E-state index is 10.9. The van der Waals surface area contributed by atoms with Gasteiger partial charge in [0.15, 0.2) is 0 Å². The van der Waals surface area contributed by atoms with Gasteiger partial charge < -0.3 is 0 Å². The molecular weight excluding hydrogens is 444 g/mol. The van der Waals surface area contributed by atoms with Gasteiger partial charge in [-0.15, -0.1) is 0 Å². The van der Waals surface area contributed by atoms with Crippen LogP contribution in [0.5, 0.6) is 0 Å². The molecule has 4 rings (SSSR count). The second-order valence-corrected chi connectivity index (χ2v) is 13.6. The molecule has 3 nitrogen and oxygen atoms in total. The predicted molar refractivity (Wildman–Crippen MR) is 153 cm³/mol. The molecule has 0 aromatic heterocycles. The summed E-state index contributed by atoms with van der Waals surface area (Å²) in [4.78, 5) is 32.4. The molecule has 4 saturated carbocycles. The fourth-order valence-electron chi connectivity index (χ4n) is 6.23. The molecule has 0 spiro atoms. The maximum absolute atomic E-state index is 10.9. The molecule has 0 amide bonds. The largest absolute Gasteiger partial charge is 0.300 e. The minimum Gasteiger partial charge on any atom is -0.300 e. The van der Waals surface area contributed by atoms with Crippen LogP contribution in [0.3, 0.4) is 0 Å². The number of Topliss-reactive ketones (excluding diaryl/α,β-unsaturated/α-hetero) is 3. The van der Waals surface area contributed by atoms with Gasteiger partial charge in [0.1, 0.15) is 17.3 Å². The molecule has 0 N–H and O–H groups in total. The number of rotatable bonds is 0. The summed E-state index contributed by atoms with van der Waals surface area (Å²) in [6.45, 7) is 15.4. The van der Waals surface area contributed by atoms with E-state index in [1.54, 1.807) is 0 Å². The summed E-state index contributed by atoms with van der Waals surface area (Å²) in [6.07, 6.45) is 22.2. The van der Waals surface area contributed by atoms with E-state index >= 15 is 0 Å². The molecule has 208 valence electrons. The summed E-state index contributed by atoms with van der Waals surface area (Å²) in [5.74, 6) is 2.26. The molecular formula is C33H58O3. The zero-order chi connectivity index (χ0) is 27.0. The van der Waals surface area contributed by atoms with Gasteiger partial charge in [0.05, 0.1) is 0 Å². The van der Waals surface area contributed by atoms with E-state index < -0.39 is 0 Å². The standard InChI is InChI=1S/C10H18.2C8H14O.C7H12O/c1-8-5-9(2)7-10(3,4)6-8;1-8(2)5-3-4-7(9)6-8;9-8-6-4-2-1-3-5-7-8;8-7-5-3-1-2-4-6-7/h9H,1,5-7H2,2-4H3;3-6H2,1-2H3;1-7H2;1-6H2. The molecule has 0 heterocycles. The highest BCUT2D eigenvalue weighted by molar-refractivity contribution is 5.79. The van der Waals surface area contributed by atoms with E-state index in [0.29, 0.717) is 28.2 Å². The van der Waals surface area contributed by atoms with Crippen molar-refractivity contribution >= 4 is 17.3 Å². The molecule has 36 heavy (non-hydrogen) atoms. The fraction of sp³-hybridized carbons (Fsp3) is 0.848. The number of carbonyl (C=O) groups is 3. The number of allylic oxidation sites excluding steroid dienone is 1. The molecule has 3 heteroatoms. The first kappa shape index (κ1) is 32.8. The van der Waals surface area contributed by atoms with Crippen LogP contribution in [0.15, 0.2) is 12.2 Å². The molecule has 4 aliphatic rings. The van der Waals surface area contributed by atoms with E-state index in [1.807, 2.05) is 0 Å². The van der Waals surface area contributed by atoms with Gasteiger partial charge in [-0.3, -0.25) is 14.4 Å². The van der Waals surface area contributed by atoms with Gasteiger partial charge in [-0.2, -0.15) is 0 Å². The highest BCUT2D eigenvalue weighted by Crippen LogP contribution is 2.40. The third-order valence-electron chi connectivity index (χ3n) is 7.82. The van der Waals surface area contributed by atoms with Crippen LogP contribution < -0.4 is 0 Å². The van der Waals surface area contributed by atoms with Crippen LogP contribution in [-0.2, 0) is 14.4 Å². The molecule has 4 aliphatic carbocycles. The second-order valence-electron chi connectivity index (χ2n) is 13.6. The van der Waals surface area contributed by atoms with Crippen molar-refractivity contribution < 1.29 is 14.4 Å². The fourth-order valence-corrected chi connectivity index (χ4v) is 6.23. The average molecular weight is 503 g/mol. The van der Waals surface area contributed by atoms with Gasteiger partial charge in [-0.05, 0) is 74.5 Å². The molecule has 0 aromatic carbocycles. The topological polar surface area (TPSA) is 51.2 Å². The van der Waals surface area contributed by atoms with Crippen molar-refractivity contribution in [1.82, 2.24) is 0 Å². The molecule has 0 saturated heterocycles. The van der Waals surface area contributed by atoms with E-state index in [2.05, 4.69) is 41.2 Å². The summed E-state index contributed by atoms with van der Waals surface area (Å²) in [6, 6.07) is 0. The summed E-state index contributed by atoms with van der Waals surface area (Å²) >= 11 is 0. The smallest absolute Gasteiger partial charge is 0.133 e. The van der Waals surface area contributed by atoms with E-state index in [9.17, 15) is 14.4 Å². The minimum atomic E-state index is 0.301. The van der Waals surface area contributed by atoms with Gasteiger partial charge in [0, 0.05) is 38.5 Å². The summed E-state index contributed by atoms with van der Waals surface area (Å²) in [5.41, 5.74) is 2.27. The van der Waals surface area contributed by atoms with Gasteiger partial charge in [0.25, 0.3) is 0 Å². The van der Waals surface area contributed by atoms with Crippen LogP contribution in [0, 0.1) is 16.7 Å². The Hall–Kier alpha value is -1.25. The summed E-state index contributed by atoms with van der Waals surface area (Å²) in [7, 11) is 0. The lowest BCUT2D eigenvalue weighted by Crippen LogP contribution is -2.22. The number of hydrogen-bond acceptors (Lipinski definition) is 3. The Kier molecular flexibility index (Phi) is 15.7. The van der Waals surface area contributed by atoms with E-state index in [4.69, 9.17) is 0 Å². The molecule has 0 aromatic rings. The van der Waals surface area contributed by atoms with Gasteiger partial charge in [0.2, 0.25) is 0 Å². The Balaban J connectivity index is 0.000000241. The Morgan fingerprint density at radius 3 is 1.33 bits per heavy atom. The van der Waals surface area contributed by atoms with Crippen molar-refractivity contribution in [3.8, 4) is 0 Å².